The van der Waals surface area contributed by atoms with Crippen molar-refractivity contribution in [1.29, 1.82) is 0 Å². The summed E-state index contributed by atoms with van der Waals surface area (Å²) in [6.07, 6.45) is -4.81. The lowest BCUT2D eigenvalue weighted by Gasteiger charge is -2.10. The van der Waals surface area contributed by atoms with Gasteiger partial charge >= 0.3 is 6.18 Å². The fraction of sp³-hybridized carbons (Fsp3) is 0.167. The number of benzene rings is 2. The van der Waals surface area contributed by atoms with E-state index < -0.39 is 29.4 Å². The molecule has 174 valence electrons. The van der Waals surface area contributed by atoms with Crippen molar-refractivity contribution < 1.29 is 22.8 Å². The maximum Gasteiger partial charge on any atom is 0.437 e. The molecule has 4 rings (SSSR count). The smallest absolute Gasteiger partial charge is 0.366 e. The van der Waals surface area contributed by atoms with Crippen LogP contribution in [0.4, 0.5) is 18.9 Å². The summed E-state index contributed by atoms with van der Waals surface area (Å²) in [5.41, 5.74) is 5.69. The van der Waals surface area contributed by atoms with Crippen LogP contribution in [0.15, 0.2) is 54.6 Å². The lowest BCUT2D eigenvalue weighted by atomic mass is 10.1. The first-order chi connectivity index (χ1) is 16.0. The summed E-state index contributed by atoms with van der Waals surface area (Å²) in [6, 6.07) is 15.0. The SMILES string of the molecule is Cc1cccc(Cn2nc(C(F)(F)F)c(NC(=O)c3cc(C(N)=O)c4ccccc4n3)c2C)c1. The number of aromatic nitrogens is 3. The molecule has 3 N–H and O–H groups in total. The maximum absolute atomic E-state index is 13.8. The zero-order chi connectivity index (χ0) is 24.6. The first-order valence-electron chi connectivity index (χ1n) is 10.3. The standard InChI is InChI=1S/C24H20F3N5O2/c1-13-6-5-7-15(10-13)12-32-14(2)20(21(31-32)24(25,26)27)30-23(34)19-11-17(22(28)33)16-8-3-4-9-18(16)29-19/h3-11H,12H2,1-2H3,(H2,28,33)(H,30,34). The van der Waals surface area contributed by atoms with Gasteiger partial charge in [0.2, 0.25) is 5.91 Å². The van der Waals surface area contributed by atoms with E-state index in [-0.39, 0.29) is 23.5 Å². The molecule has 7 nitrogen and oxygen atoms in total. The maximum atomic E-state index is 13.8. The minimum absolute atomic E-state index is 0.0404. The number of para-hydroxylation sites is 1. The van der Waals surface area contributed by atoms with Crippen LogP contribution < -0.4 is 11.1 Å². The van der Waals surface area contributed by atoms with E-state index in [0.717, 1.165) is 11.1 Å². The van der Waals surface area contributed by atoms with Crippen LogP contribution in [0.2, 0.25) is 0 Å². The minimum atomic E-state index is -4.81. The Morgan fingerprint density at radius 3 is 2.47 bits per heavy atom. The number of amides is 2. The van der Waals surface area contributed by atoms with E-state index in [1.807, 2.05) is 19.1 Å². The van der Waals surface area contributed by atoms with Crippen molar-refractivity contribution in [2.24, 2.45) is 5.73 Å². The number of primary amides is 1. The van der Waals surface area contributed by atoms with E-state index in [0.29, 0.717) is 10.9 Å². The van der Waals surface area contributed by atoms with Gasteiger partial charge in [0, 0.05) is 5.39 Å². The summed E-state index contributed by atoms with van der Waals surface area (Å²) in [7, 11) is 0. The van der Waals surface area contributed by atoms with Crippen molar-refractivity contribution in [2.75, 3.05) is 5.32 Å². The van der Waals surface area contributed by atoms with Crippen LogP contribution in [0.3, 0.4) is 0 Å². The molecular weight excluding hydrogens is 447 g/mol. The molecule has 0 saturated heterocycles. The van der Waals surface area contributed by atoms with Gasteiger partial charge in [0.15, 0.2) is 5.69 Å². The Morgan fingerprint density at radius 1 is 1.06 bits per heavy atom. The molecule has 0 aliphatic carbocycles. The van der Waals surface area contributed by atoms with Crippen molar-refractivity contribution in [3.63, 3.8) is 0 Å². The highest BCUT2D eigenvalue weighted by molar-refractivity contribution is 6.10. The lowest BCUT2D eigenvalue weighted by Crippen LogP contribution is -2.19. The molecule has 0 bridgehead atoms. The number of rotatable bonds is 5. The van der Waals surface area contributed by atoms with Crippen molar-refractivity contribution in [1.82, 2.24) is 14.8 Å². The van der Waals surface area contributed by atoms with Crippen molar-refractivity contribution in [2.45, 2.75) is 26.6 Å². The van der Waals surface area contributed by atoms with Crippen molar-refractivity contribution in [3.05, 3.63) is 88.4 Å². The second kappa shape index (κ2) is 8.62. The van der Waals surface area contributed by atoms with Gasteiger partial charge in [0.05, 0.1) is 29.0 Å². The van der Waals surface area contributed by atoms with E-state index in [4.69, 9.17) is 5.73 Å². The number of nitrogens with two attached hydrogens (primary N) is 1. The quantitative estimate of drug-likeness (QED) is 0.452. The number of carbonyl (C=O) groups is 2. The van der Waals surface area contributed by atoms with Gasteiger partial charge in [-0.1, -0.05) is 48.0 Å². The summed E-state index contributed by atoms with van der Waals surface area (Å²) < 4.78 is 42.5. The van der Waals surface area contributed by atoms with E-state index in [1.54, 1.807) is 36.4 Å². The number of nitrogens with zero attached hydrogens (tertiary/aromatic N) is 3. The highest BCUT2D eigenvalue weighted by Gasteiger charge is 2.39. The first-order valence-corrected chi connectivity index (χ1v) is 10.3. The number of carbonyl (C=O) groups excluding carboxylic acids is 2. The second-order valence-electron chi connectivity index (χ2n) is 7.84. The van der Waals surface area contributed by atoms with Gasteiger partial charge < -0.3 is 11.1 Å². The molecule has 0 unspecified atom stereocenters. The van der Waals surface area contributed by atoms with Crippen LogP contribution in [0.1, 0.15) is 43.4 Å². The Labute approximate surface area is 192 Å². The molecule has 0 aliphatic heterocycles. The lowest BCUT2D eigenvalue weighted by molar-refractivity contribution is -0.140. The number of aryl methyl sites for hydroxylation is 1. The third kappa shape index (κ3) is 4.47. The molecule has 0 atom stereocenters. The van der Waals surface area contributed by atoms with Crippen LogP contribution in [-0.2, 0) is 12.7 Å². The number of pyridine rings is 1. The fourth-order valence-electron chi connectivity index (χ4n) is 3.70. The molecule has 0 saturated carbocycles. The largest absolute Gasteiger partial charge is 0.437 e. The third-order valence-electron chi connectivity index (χ3n) is 5.34. The summed E-state index contributed by atoms with van der Waals surface area (Å²) in [5.74, 6) is -1.71. The predicted octanol–water partition coefficient (Wildman–Crippen LogP) is 4.47. The Morgan fingerprint density at radius 2 is 1.79 bits per heavy atom. The second-order valence-corrected chi connectivity index (χ2v) is 7.84. The molecule has 4 aromatic rings. The first kappa shape index (κ1) is 23.0. The number of hydrogen-bond acceptors (Lipinski definition) is 4. The molecule has 0 spiro atoms. The Hall–Kier alpha value is -4.21. The monoisotopic (exact) mass is 467 g/mol. The average Bonchev–Trinajstić information content (AvgIpc) is 3.08. The highest BCUT2D eigenvalue weighted by Crippen LogP contribution is 2.36. The van der Waals surface area contributed by atoms with Crippen molar-refractivity contribution >= 4 is 28.4 Å². The van der Waals surface area contributed by atoms with Crippen LogP contribution >= 0.6 is 0 Å². The number of alkyl halides is 3. The molecule has 0 aliphatic rings. The third-order valence-corrected chi connectivity index (χ3v) is 5.34. The predicted molar refractivity (Wildman–Crippen MR) is 120 cm³/mol. The van der Waals surface area contributed by atoms with Gasteiger partial charge in [0.1, 0.15) is 5.69 Å². The number of hydrogen-bond donors (Lipinski definition) is 2. The summed E-state index contributed by atoms with van der Waals surface area (Å²) in [5, 5.41) is 6.46. The van der Waals surface area contributed by atoms with Gasteiger partial charge in [-0.05, 0) is 31.5 Å². The summed E-state index contributed by atoms with van der Waals surface area (Å²) in [4.78, 5) is 29.0. The van der Waals surface area contributed by atoms with E-state index >= 15 is 0 Å². The van der Waals surface area contributed by atoms with Crippen LogP contribution in [0, 0.1) is 13.8 Å². The zero-order valence-corrected chi connectivity index (χ0v) is 18.3. The number of fused-ring (bicyclic) bond motifs is 1. The number of nitrogens with one attached hydrogen (secondary N) is 1. The molecule has 0 fully saturated rings. The van der Waals surface area contributed by atoms with Gasteiger partial charge in [0.25, 0.3) is 5.91 Å². The Balaban J connectivity index is 1.74. The Bertz CT molecular complexity index is 1430. The molecule has 0 radical (unpaired) electrons. The van der Waals surface area contributed by atoms with Crippen molar-refractivity contribution in [3.8, 4) is 0 Å². The molecule has 2 aromatic heterocycles. The fourth-order valence-corrected chi connectivity index (χ4v) is 3.70. The molecule has 2 aromatic carbocycles. The van der Waals surface area contributed by atoms with Crippen LogP contribution in [0.5, 0.6) is 0 Å². The molecule has 2 heterocycles. The Kier molecular flexibility index (Phi) is 5.82. The summed E-state index contributed by atoms with van der Waals surface area (Å²) in [6.45, 7) is 3.41. The highest BCUT2D eigenvalue weighted by atomic mass is 19.4. The number of halogens is 3. The zero-order valence-electron chi connectivity index (χ0n) is 18.3. The van der Waals surface area contributed by atoms with E-state index in [1.165, 1.54) is 17.7 Å². The summed E-state index contributed by atoms with van der Waals surface area (Å²) >= 11 is 0. The van der Waals surface area contributed by atoms with E-state index in [2.05, 4.69) is 15.4 Å². The van der Waals surface area contributed by atoms with Gasteiger partial charge in [-0.15, -0.1) is 0 Å². The van der Waals surface area contributed by atoms with Crippen LogP contribution in [-0.4, -0.2) is 26.6 Å². The molecular formula is C24H20F3N5O2. The minimum Gasteiger partial charge on any atom is -0.366 e. The molecule has 2 amide bonds. The topological polar surface area (TPSA) is 103 Å². The van der Waals surface area contributed by atoms with Crippen LogP contribution in [0.25, 0.3) is 10.9 Å². The number of anilines is 1. The normalized spacial score (nSPS) is 11.6. The van der Waals surface area contributed by atoms with Gasteiger partial charge in [-0.2, -0.15) is 18.3 Å². The van der Waals surface area contributed by atoms with E-state index in [9.17, 15) is 22.8 Å². The molecule has 34 heavy (non-hydrogen) atoms. The van der Waals surface area contributed by atoms with Gasteiger partial charge in [-0.3, -0.25) is 14.3 Å². The molecule has 10 heteroatoms. The average molecular weight is 467 g/mol. The van der Waals surface area contributed by atoms with Gasteiger partial charge in [-0.25, -0.2) is 4.98 Å².